The lowest BCUT2D eigenvalue weighted by Crippen LogP contribution is -2.18. The molecule has 0 spiro atoms. The highest BCUT2D eigenvalue weighted by Crippen LogP contribution is 2.34. The van der Waals surface area contributed by atoms with Crippen LogP contribution in [0.4, 0.5) is 24.5 Å². The molecule has 0 heterocycles. The second-order valence-electron chi connectivity index (χ2n) is 6.59. The summed E-state index contributed by atoms with van der Waals surface area (Å²) in [6.45, 7) is 0. The van der Waals surface area contributed by atoms with E-state index in [0.717, 1.165) is 17.8 Å². The van der Waals surface area contributed by atoms with Crippen molar-refractivity contribution in [1.82, 2.24) is 0 Å². The number of alkyl halides is 3. The second kappa shape index (κ2) is 10.2. The normalized spacial score (nSPS) is 11.0. The molecule has 0 aliphatic heterocycles. The molecule has 0 aliphatic carbocycles. The second-order valence-corrected chi connectivity index (χ2v) is 7.64. The van der Waals surface area contributed by atoms with E-state index >= 15 is 0 Å². The quantitative estimate of drug-likeness (QED) is 0.444. The van der Waals surface area contributed by atoms with Crippen molar-refractivity contribution in [2.45, 2.75) is 11.1 Å². The molecule has 32 heavy (non-hydrogen) atoms. The highest BCUT2D eigenvalue weighted by Gasteiger charge is 2.33. The Morgan fingerprint density at radius 3 is 2.34 bits per heavy atom. The van der Waals surface area contributed by atoms with Crippen LogP contribution >= 0.6 is 11.8 Å². The van der Waals surface area contributed by atoms with Gasteiger partial charge in [0.1, 0.15) is 5.75 Å². The predicted octanol–water partition coefficient (Wildman–Crippen LogP) is 5.70. The Morgan fingerprint density at radius 2 is 1.66 bits per heavy atom. The Bertz CT molecular complexity index is 1100. The molecule has 9 heteroatoms. The summed E-state index contributed by atoms with van der Waals surface area (Å²) < 4.78 is 44.3. The van der Waals surface area contributed by atoms with Crippen molar-refractivity contribution in [3.05, 3.63) is 83.9 Å². The van der Waals surface area contributed by atoms with Gasteiger partial charge in [-0.1, -0.05) is 18.2 Å². The van der Waals surface area contributed by atoms with E-state index in [-0.39, 0.29) is 17.3 Å². The lowest BCUT2D eigenvalue weighted by molar-refractivity contribution is -0.137. The number of rotatable bonds is 7. The van der Waals surface area contributed by atoms with Gasteiger partial charge in [-0.25, -0.2) is 0 Å². The maximum atomic E-state index is 13.1. The lowest BCUT2D eigenvalue weighted by Gasteiger charge is -2.13. The molecule has 0 atom stereocenters. The van der Waals surface area contributed by atoms with E-state index in [1.54, 1.807) is 48.5 Å². The van der Waals surface area contributed by atoms with Crippen molar-refractivity contribution in [3.8, 4) is 5.75 Å². The van der Waals surface area contributed by atoms with Crippen LogP contribution < -0.4 is 15.4 Å². The molecule has 3 aromatic carbocycles. The predicted molar refractivity (Wildman–Crippen MR) is 118 cm³/mol. The van der Waals surface area contributed by atoms with Crippen molar-refractivity contribution in [2.75, 3.05) is 23.5 Å². The molecule has 0 aromatic heterocycles. The summed E-state index contributed by atoms with van der Waals surface area (Å²) in [7, 11) is 1.54. The number of methoxy groups -OCH3 is 1. The van der Waals surface area contributed by atoms with E-state index in [1.807, 2.05) is 0 Å². The molecular formula is C23H19F3N2O3S. The van der Waals surface area contributed by atoms with Crippen LogP contribution in [-0.4, -0.2) is 24.7 Å². The first-order chi connectivity index (χ1) is 15.3. The molecule has 0 saturated carbocycles. The van der Waals surface area contributed by atoms with Gasteiger partial charge in [0, 0.05) is 16.1 Å². The van der Waals surface area contributed by atoms with Crippen LogP contribution in [0.3, 0.4) is 0 Å². The Kier molecular flexibility index (Phi) is 7.42. The van der Waals surface area contributed by atoms with Gasteiger partial charge in [0.15, 0.2) is 0 Å². The Balaban J connectivity index is 1.59. The third-order valence-electron chi connectivity index (χ3n) is 4.32. The number of benzene rings is 3. The van der Waals surface area contributed by atoms with Crippen LogP contribution in [0.15, 0.2) is 77.7 Å². The van der Waals surface area contributed by atoms with E-state index < -0.39 is 17.6 Å². The lowest BCUT2D eigenvalue weighted by atomic mass is 10.1. The molecule has 166 valence electrons. The molecule has 0 fully saturated rings. The van der Waals surface area contributed by atoms with Crippen molar-refractivity contribution in [2.24, 2.45) is 0 Å². The van der Waals surface area contributed by atoms with Crippen molar-refractivity contribution in [1.29, 1.82) is 0 Å². The number of hydrogen-bond donors (Lipinski definition) is 2. The van der Waals surface area contributed by atoms with Gasteiger partial charge in [-0.3, -0.25) is 9.59 Å². The van der Waals surface area contributed by atoms with Gasteiger partial charge in [0.25, 0.3) is 5.91 Å². The van der Waals surface area contributed by atoms with Gasteiger partial charge in [0.2, 0.25) is 5.91 Å². The van der Waals surface area contributed by atoms with E-state index in [9.17, 15) is 22.8 Å². The van der Waals surface area contributed by atoms with Crippen molar-refractivity contribution >= 4 is 35.0 Å². The zero-order valence-corrected chi connectivity index (χ0v) is 17.7. The maximum Gasteiger partial charge on any atom is 0.418 e. The largest absolute Gasteiger partial charge is 0.497 e. The summed E-state index contributed by atoms with van der Waals surface area (Å²) >= 11 is 1.14. The number of halogens is 3. The van der Waals surface area contributed by atoms with Gasteiger partial charge >= 0.3 is 6.18 Å². The van der Waals surface area contributed by atoms with Crippen LogP contribution in [0.1, 0.15) is 15.9 Å². The fourth-order valence-electron chi connectivity index (χ4n) is 2.78. The number of anilines is 2. The molecule has 2 N–H and O–H groups in total. The first-order valence-electron chi connectivity index (χ1n) is 9.40. The Hall–Kier alpha value is -3.46. The van der Waals surface area contributed by atoms with E-state index in [4.69, 9.17) is 4.74 Å². The van der Waals surface area contributed by atoms with Crippen molar-refractivity contribution in [3.63, 3.8) is 0 Å². The summed E-state index contributed by atoms with van der Waals surface area (Å²) in [5.41, 5.74) is -0.210. The third-order valence-corrected chi connectivity index (χ3v) is 5.31. The molecule has 0 bridgehead atoms. The molecule has 0 aliphatic rings. The first kappa shape index (κ1) is 23.2. The van der Waals surface area contributed by atoms with Crippen LogP contribution in [0.5, 0.6) is 5.75 Å². The standard InChI is InChI=1S/C23H19F3N2O3S/c1-31-17-11-9-15(10-12-17)22(30)27-16-5-4-6-18(13-16)32-14-21(29)28-20-8-3-2-7-19(20)23(24,25)26/h2-13H,14H2,1H3,(H,27,30)(H,28,29). The van der Waals surface area contributed by atoms with Crippen LogP contribution in [0.25, 0.3) is 0 Å². The van der Waals surface area contributed by atoms with Gasteiger partial charge in [-0.2, -0.15) is 13.2 Å². The average Bonchev–Trinajstić information content (AvgIpc) is 2.77. The highest BCUT2D eigenvalue weighted by atomic mass is 32.2. The Labute approximate surface area is 187 Å². The fraction of sp³-hybridized carbons (Fsp3) is 0.130. The van der Waals surface area contributed by atoms with Crippen molar-refractivity contribution < 1.29 is 27.5 Å². The molecule has 5 nitrogen and oxygen atoms in total. The zero-order valence-electron chi connectivity index (χ0n) is 16.9. The SMILES string of the molecule is COc1ccc(C(=O)Nc2cccc(SCC(=O)Nc3ccccc3C(F)(F)F)c2)cc1. The number of amides is 2. The molecule has 2 amide bonds. The van der Waals surface area contributed by atoms with Crippen LogP contribution in [0, 0.1) is 0 Å². The van der Waals surface area contributed by atoms with Gasteiger partial charge in [-0.05, 0) is 54.6 Å². The van der Waals surface area contributed by atoms with E-state index in [0.29, 0.717) is 21.9 Å². The summed E-state index contributed by atoms with van der Waals surface area (Å²) in [6.07, 6.45) is -4.56. The number of para-hydroxylation sites is 1. The summed E-state index contributed by atoms with van der Waals surface area (Å²) in [4.78, 5) is 25.3. The van der Waals surface area contributed by atoms with Gasteiger partial charge in [-0.15, -0.1) is 11.8 Å². The molecular weight excluding hydrogens is 441 g/mol. The molecule has 0 saturated heterocycles. The fourth-order valence-corrected chi connectivity index (χ4v) is 3.54. The number of carbonyl (C=O) groups excluding carboxylic acids is 2. The summed E-state index contributed by atoms with van der Waals surface area (Å²) in [5.74, 6) is -0.339. The molecule has 0 unspecified atom stereocenters. The molecule has 0 radical (unpaired) electrons. The molecule has 3 aromatic rings. The minimum absolute atomic E-state index is 0.0952. The number of carbonyl (C=O) groups is 2. The monoisotopic (exact) mass is 460 g/mol. The summed E-state index contributed by atoms with van der Waals surface area (Å²) in [5, 5.41) is 5.07. The average molecular weight is 460 g/mol. The van der Waals surface area contributed by atoms with E-state index in [2.05, 4.69) is 10.6 Å². The third kappa shape index (κ3) is 6.27. The zero-order chi connectivity index (χ0) is 23.1. The summed E-state index contributed by atoms with van der Waals surface area (Å²) in [6, 6.07) is 18.3. The van der Waals surface area contributed by atoms with E-state index in [1.165, 1.54) is 25.3 Å². The minimum atomic E-state index is -4.56. The Morgan fingerprint density at radius 1 is 0.938 bits per heavy atom. The van der Waals surface area contributed by atoms with Crippen LogP contribution in [0.2, 0.25) is 0 Å². The highest BCUT2D eigenvalue weighted by molar-refractivity contribution is 8.00. The number of ether oxygens (including phenoxy) is 1. The first-order valence-corrected chi connectivity index (χ1v) is 10.4. The number of hydrogen-bond acceptors (Lipinski definition) is 4. The van der Waals surface area contributed by atoms with Gasteiger partial charge in [0.05, 0.1) is 24.1 Å². The topological polar surface area (TPSA) is 67.4 Å². The van der Waals surface area contributed by atoms with Crippen LogP contribution in [-0.2, 0) is 11.0 Å². The smallest absolute Gasteiger partial charge is 0.418 e. The number of thioether (sulfide) groups is 1. The number of nitrogens with one attached hydrogen (secondary N) is 2. The minimum Gasteiger partial charge on any atom is -0.497 e. The van der Waals surface area contributed by atoms with Gasteiger partial charge < -0.3 is 15.4 Å². The molecule has 3 rings (SSSR count). The maximum absolute atomic E-state index is 13.1.